The lowest BCUT2D eigenvalue weighted by Gasteiger charge is -2.24. The number of rotatable bonds is 7. The maximum atomic E-state index is 12.9. The van der Waals surface area contributed by atoms with Crippen molar-refractivity contribution in [2.45, 2.75) is 38.3 Å². The Morgan fingerprint density at radius 3 is 2.24 bits per heavy atom. The van der Waals surface area contributed by atoms with Gasteiger partial charge in [0.05, 0.1) is 0 Å². The Hall–Kier alpha value is -2.66. The monoisotopic (exact) mass is 391 g/mol. The van der Waals surface area contributed by atoms with Crippen LogP contribution in [-0.2, 0) is 22.6 Å². The first-order valence-electron chi connectivity index (χ1n) is 10.5. The summed E-state index contributed by atoms with van der Waals surface area (Å²) >= 11 is 0. The molecule has 2 amide bonds. The predicted octanol–water partition coefficient (Wildman–Crippen LogP) is 2.42. The fraction of sp³-hybridized carbons (Fsp3) is 0.417. The SMILES string of the molecule is O=C(NCc1ccccc1)C(Cc1ccccc1)NC(=O)C1CC12CCNCC2. The molecule has 0 radical (unpaired) electrons. The lowest BCUT2D eigenvalue weighted by Crippen LogP contribution is -2.49. The van der Waals surface area contributed by atoms with Crippen LogP contribution in [0.15, 0.2) is 60.7 Å². The summed E-state index contributed by atoms with van der Waals surface area (Å²) in [5.41, 5.74) is 2.24. The standard InChI is InChI=1S/C24H29N3O2/c28-22(20-16-24(20)11-13-25-14-12-24)27-21(15-18-7-3-1-4-8-18)23(29)26-17-19-9-5-2-6-10-19/h1-10,20-21,25H,11-17H2,(H,26,29)(H,27,28). The zero-order chi connectivity index (χ0) is 20.1. The van der Waals surface area contributed by atoms with Crippen molar-refractivity contribution in [2.24, 2.45) is 11.3 Å². The van der Waals surface area contributed by atoms with E-state index < -0.39 is 6.04 Å². The van der Waals surface area contributed by atoms with Crippen LogP contribution in [0, 0.1) is 11.3 Å². The third-order valence-corrected chi connectivity index (χ3v) is 6.33. The lowest BCUT2D eigenvalue weighted by molar-refractivity contribution is -0.130. The minimum Gasteiger partial charge on any atom is -0.350 e. The fourth-order valence-corrected chi connectivity index (χ4v) is 4.44. The van der Waals surface area contributed by atoms with E-state index in [0.717, 1.165) is 43.5 Å². The summed E-state index contributed by atoms with van der Waals surface area (Å²) in [6, 6.07) is 19.1. The Kier molecular flexibility index (Phi) is 5.95. The van der Waals surface area contributed by atoms with Crippen LogP contribution in [0.3, 0.4) is 0 Å². The molecule has 2 aromatic rings. The molecular formula is C24H29N3O2. The van der Waals surface area contributed by atoms with Crippen LogP contribution >= 0.6 is 0 Å². The number of hydrogen-bond donors (Lipinski definition) is 3. The third kappa shape index (κ3) is 4.85. The van der Waals surface area contributed by atoms with E-state index in [2.05, 4.69) is 16.0 Å². The highest BCUT2D eigenvalue weighted by atomic mass is 16.2. The predicted molar refractivity (Wildman–Crippen MR) is 113 cm³/mol. The van der Waals surface area contributed by atoms with E-state index >= 15 is 0 Å². The van der Waals surface area contributed by atoms with Gasteiger partial charge in [0.15, 0.2) is 0 Å². The van der Waals surface area contributed by atoms with Gasteiger partial charge in [-0.25, -0.2) is 0 Å². The Bertz CT molecular complexity index is 832. The van der Waals surface area contributed by atoms with Crippen molar-refractivity contribution in [1.82, 2.24) is 16.0 Å². The summed E-state index contributed by atoms with van der Waals surface area (Å²) in [7, 11) is 0. The molecule has 0 aromatic heterocycles. The van der Waals surface area contributed by atoms with Gasteiger partial charge in [-0.1, -0.05) is 60.7 Å². The van der Waals surface area contributed by atoms with E-state index in [1.54, 1.807) is 0 Å². The fourth-order valence-electron chi connectivity index (χ4n) is 4.44. The maximum absolute atomic E-state index is 12.9. The van der Waals surface area contributed by atoms with Crippen molar-refractivity contribution >= 4 is 11.8 Å². The molecule has 3 N–H and O–H groups in total. The normalized spacial score (nSPS) is 20.6. The smallest absolute Gasteiger partial charge is 0.243 e. The van der Waals surface area contributed by atoms with E-state index in [0.29, 0.717) is 13.0 Å². The Morgan fingerprint density at radius 1 is 0.966 bits per heavy atom. The molecule has 2 unspecified atom stereocenters. The van der Waals surface area contributed by atoms with Crippen LogP contribution in [0.2, 0.25) is 0 Å². The summed E-state index contributed by atoms with van der Waals surface area (Å²) in [5.74, 6) is -0.0569. The second kappa shape index (κ2) is 8.78. The Morgan fingerprint density at radius 2 is 1.59 bits per heavy atom. The molecule has 2 atom stereocenters. The van der Waals surface area contributed by atoms with Gasteiger partial charge >= 0.3 is 0 Å². The summed E-state index contributed by atoms with van der Waals surface area (Å²) in [6.07, 6.45) is 3.54. The number of amides is 2. The first kappa shape index (κ1) is 19.6. The first-order valence-corrected chi connectivity index (χ1v) is 10.5. The molecule has 4 rings (SSSR count). The largest absolute Gasteiger partial charge is 0.350 e. The van der Waals surface area contributed by atoms with Crippen LogP contribution in [0.4, 0.5) is 0 Å². The zero-order valence-corrected chi connectivity index (χ0v) is 16.7. The second-order valence-electron chi connectivity index (χ2n) is 8.32. The summed E-state index contributed by atoms with van der Waals surface area (Å²) in [6.45, 7) is 2.42. The molecule has 2 aromatic carbocycles. The molecule has 1 heterocycles. The number of carbonyl (C=O) groups is 2. The van der Waals surface area contributed by atoms with E-state index in [1.165, 1.54) is 0 Å². The minimum atomic E-state index is -0.562. The lowest BCUT2D eigenvalue weighted by atomic mass is 9.91. The van der Waals surface area contributed by atoms with Crippen molar-refractivity contribution in [3.63, 3.8) is 0 Å². The topological polar surface area (TPSA) is 70.2 Å². The average Bonchev–Trinajstić information content (AvgIpc) is 3.46. The quantitative estimate of drug-likeness (QED) is 0.679. The summed E-state index contributed by atoms with van der Waals surface area (Å²) in [4.78, 5) is 25.9. The molecule has 5 heteroatoms. The second-order valence-corrected chi connectivity index (χ2v) is 8.32. The van der Waals surface area contributed by atoms with Gasteiger partial charge in [0, 0.05) is 18.9 Å². The zero-order valence-electron chi connectivity index (χ0n) is 16.7. The highest BCUT2D eigenvalue weighted by molar-refractivity contribution is 5.90. The molecule has 0 bridgehead atoms. The van der Waals surface area contributed by atoms with Gasteiger partial charge in [0.2, 0.25) is 11.8 Å². The Labute approximate surface area is 172 Å². The van der Waals surface area contributed by atoms with E-state index in [4.69, 9.17) is 0 Å². The van der Waals surface area contributed by atoms with E-state index in [9.17, 15) is 9.59 Å². The van der Waals surface area contributed by atoms with Gasteiger partial charge in [0.25, 0.3) is 0 Å². The number of carbonyl (C=O) groups excluding carboxylic acids is 2. The van der Waals surface area contributed by atoms with Crippen LogP contribution in [0.5, 0.6) is 0 Å². The molecule has 29 heavy (non-hydrogen) atoms. The van der Waals surface area contributed by atoms with Gasteiger partial charge in [-0.3, -0.25) is 9.59 Å². The van der Waals surface area contributed by atoms with Crippen LogP contribution < -0.4 is 16.0 Å². The van der Waals surface area contributed by atoms with Crippen molar-refractivity contribution in [1.29, 1.82) is 0 Å². The van der Waals surface area contributed by atoms with Gasteiger partial charge in [-0.05, 0) is 48.9 Å². The van der Waals surface area contributed by atoms with Gasteiger partial charge in [-0.2, -0.15) is 0 Å². The van der Waals surface area contributed by atoms with Crippen LogP contribution in [-0.4, -0.2) is 30.9 Å². The van der Waals surface area contributed by atoms with Gasteiger partial charge in [0.1, 0.15) is 6.04 Å². The van der Waals surface area contributed by atoms with Crippen molar-refractivity contribution in [2.75, 3.05) is 13.1 Å². The van der Waals surface area contributed by atoms with Crippen molar-refractivity contribution < 1.29 is 9.59 Å². The Balaban J connectivity index is 1.40. The minimum absolute atomic E-state index is 0.0303. The maximum Gasteiger partial charge on any atom is 0.243 e. The van der Waals surface area contributed by atoms with Crippen molar-refractivity contribution in [3.05, 3.63) is 71.8 Å². The molecular weight excluding hydrogens is 362 g/mol. The third-order valence-electron chi connectivity index (χ3n) is 6.33. The number of benzene rings is 2. The molecule has 1 spiro atoms. The molecule has 2 aliphatic rings. The van der Waals surface area contributed by atoms with Gasteiger partial charge in [-0.15, -0.1) is 0 Å². The molecule has 1 aliphatic carbocycles. The highest BCUT2D eigenvalue weighted by Gasteiger charge is 2.57. The van der Waals surface area contributed by atoms with Gasteiger partial charge < -0.3 is 16.0 Å². The first-order chi connectivity index (χ1) is 14.2. The molecule has 1 aliphatic heterocycles. The summed E-state index contributed by atoms with van der Waals surface area (Å²) < 4.78 is 0. The molecule has 152 valence electrons. The molecule has 1 saturated carbocycles. The highest BCUT2D eigenvalue weighted by Crippen LogP contribution is 2.58. The van der Waals surface area contributed by atoms with Crippen LogP contribution in [0.25, 0.3) is 0 Å². The molecule has 5 nitrogen and oxygen atoms in total. The van der Waals surface area contributed by atoms with E-state index in [-0.39, 0.29) is 23.1 Å². The molecule has 1 saturated heterocycles. The summed E-state index contributed by atoms with van der Waals surface area (Å²) in [5, 5.41) is 9.42. The van der Waals surface area contributed by atoms with Crippen LogP contribution in [0.1, 0.15) is 30.4 Å². The average molecular weight is 392 g/mol. The van der Waals surface area contributed by atoms with E-state index in [1.807, 2.05) is 60.7 Å². The van der Waals surface area contributed by atoms with Crippen molar-refractivity contribution in [3.8, 4) is 0 Å². The molecule has 2 fully saturated rings. The number of piperidine rings is 1. The number of nitrogens with one attached hydrogen (secondary N) is 3. The number of hydrogen-bond acceptors (Lipinski definition) is 3.